The van der Waals surface area contributed by atoms with E-state index in [1.54, 1.807) is 0 Å². The van der Waals surface area contributed by atoms with Crippen LogP contribution in [0.2, 0.25) is 5.02 Å². The largest absolute Gasteiger partial charge is 0.373 e. The molecule has 3 heteroatoms. The third-order valence-corrected chi connectivity index (χ3v) is 2.18. The highest BCUT2D eigenvalue weighted by Crippen LogP contribution is 2.33. The molecule has 2 nitrogen and oxygen atoms in total. The van der Waals surface area contributed by atoms with Gasteiger partial charge >= 0.3 is 0 Å². The van der Waals surface area contributed by atoms with E-state index < -0.39 is 0 Å². The van der Waals surface area contributed by atoms with Crippen LogP contribution in [0.1, 0.15) is 13.8 Å². The van der Waals surface area contributed by atoms with Crippen molar-refractivity contribution in [2.45, 2.75) is 19.4 Å². The number of nitrogens with zero attached hydrogens (tertiary/aromatic N) is 1. The molecule has 0 saturated carbocycles. The Morgan fingerprint density at radius 1 is 1.38 bits per heavy atom. The third-order valence-electron chi connectivity index (χ3n) is 1.94. The zero-order valence-corrected chi connectivity index (χ0v) is 8.39. The molecule has 1 aromatic rings. The predicted molar refractivity (Wildman–Crippen MR) is 57.3 cm³/mol. The Kier molecular flexibility index (Phi) is 1.81. The summed E-state index contributed by atoms with van der Waals surface area (Å²) in [5.74, 6) is 0. The van der Waals surface area contributed by atoms with Gasteiger partial charge < -0.3 is 5.32 Å². The second kappa shape index (κ2) is 2.74. The van der Waals surface area contributed by atoms with Gasteiger partial charge in [0.05, 0.1) is 16.9 Å². The smallest absolute Gasteiger partial charge is 0.0873 e. The molecule has 0 saturated heterocycles. The molecule has 1 N–H and O–H groups in total. The second-order valence-electron chi connectivity index (χ2n) is 3.77. The maximum atomic E-state index is 5.85. The number of hydrogen-bond donors (Lipinski definition) is 1. The summed E-state index contributed by atoms with van der Waals surface area (Å²) in [5.41, 5.74) is 1.88. The topological polar surface area (TPSA) is 24.4 Å². The lowest BCUT2D eigenvalue weighted by Crippen LogP contribution is -2.34. The van der Waals surface area contributed by atoms with Crippen molar-refractivity contribution >= 4 is 29.2 Å². The van der Waals surface area contributed by atoms with E-state index in [0.29, 0.717) is 0 Å². The molecule has 0 radical (unpaired) electrons. The summed E-state index contributed by atoms with van der Waals surface area (Å²) in [6.45, 7) is 4.15. The molecule has 2 rings (SSSR count). The molecule has 0 fully saturated rings. The molecule has 0 atom stereocenters. The molecule has 0 bridgehead atoms. The minimum absolute atomic E-state index is 0.0686. The molecule has 0 aliphatic carbocycles. The lowest BCUT2D eigenvalue weighted by atomic mass is 10.0. The lowest BCUT2D eigenvalue weighted by molar-refractivity contribution is 0.769. The van der Waals surface area contributed by atoms with Crippen molar-refractivity contribution in [2.75, 3.05) is 5.32 Å². The molecule has 0 aromatic heterocycles. The summed E-state index contributed by atoms with van der Waals surface area (Å²) in [7, 11) is 0. The number of anilines is 1. The number of nitrogens with one attached hydrogen (secondary N) is 1. The molecule has 1 heterocycles. The summed E-state index contributed by atoms with van der Waals surface area (Å²) in [6.07, 6.45) is 1.89. The van der Waals surface area contributed by atoms with Crippen molar-refractivity contribution in [3.8, 4) is 0 Å². The molecule has 68 valence electrons. The summed E-state index contributed by atoms with van der Waals surface area (Å²) in [4.78, 5) is 4.33. The molecule has 13 heavy (non-hydrogen) atoms. The minimum atomic E-state index is -0.0686. The minimum Gasteiger partial charge on any atom is -0.373 e. The summed E-state index contributed by atoms with van der Waals surface area (Å²) in [5, 5.41) is 4.08. The van der Waals surface area contributed by atoms with Crippen LogP contribution in [0.15, 0.2) is 23.2 Å². The average Bonchev–Trinajstić information content (AvgIpc) is 2.05. The standard InChI is InChI=1S/C10H11ClN2/c1-10(2)6-12-9-5-7(11)3-4-8(9)13-10/h3-6,13H,1-2H3. The van der Waals surface area contributed by atoms with Gasteiger partial charge in [-0.2, -0.15) is 0 Å². The van der Waals surface area contributed by atoms with Crippen LogP contribution in [0.25, 0.3) is 0 Å². The number of hydrogen-bond acceptors (Lipinski definition) is 2. The van der Waals surface area contributed by atoms with Crippen LogP contribution in [0, 0.1) is 0 Å². The Bertz CT molecular complexity index is 369. The van der Waals surface area contributed by atoms with Gasteiger partial charge in [0.1, 0.15) is 0 Å². The summed E-state index contributed by atoms with van der Waals surface area (Å²) < 4.78 is 0. The first-order chi connectivity index (χ1) is 6.07. The Labute approximate surface area is 82.6 Å². The van der Waals surface area contributed by atoms with Crippen molar-refractivity contribution in [2.24, 2.45) is 4.99 Å². The monoisotopic (exact) mass is 194 g/mol. The van der Waals surface area contributed by atoms with Gasteiger partial charge in [0.2, 0.25) is 0 Å². The maximum Gasteiger partial charge on any atom is 0.0873 e. The average molecular weight is 195 g/mol. The first-order valence-electron chi connectivity index (χ1n) is 4.20. The first kappa shape index (κ1) is 8.57. The van der Waals surface area contributed by atoms with Gasteiger partial charge in [-0.3, -0.25) is 4.99 Å². The van der Waals surface area contributed by atoms with E-state index >= 15 is 0 Å². The number of rotatable bonds is 0. The van der Waals surface area contributed by atoms with Gasteiger partial charge in [-0.1, -0.05) is 11.6 Å². The van der Waals surface area contributed by atoms with Crippen LogP contribution in [0.5, 0.6) is 0 Å². The van der Waals surface area contributed by atoms with E-state index in [1.807, 2.05) is 24.4 Å². The van der Waals surface area contributed by atoms with E-state index in [0.717, 1.165) is 16.4 Å². The Balaban J connectivity index is 2.47. The molecular formula is C10H11ClN2. The van der Waals surface area contributed by atoms with E-state index in [4.69, 9.17) is 11.6 Å². The predicted octanol–water partition coefficient (Wildman–Crippen LogP) is 3.25. The van der Waals surface area contributed by atoms with Crippen LogP contribution in [-0.4, -0.2) is 11.8 Å². The second-order valence-corrected chi connectivity index (χ2v) is 4.20. The molecule has 1 aliphatic heterocycles. The number of aliphatic imine (C=N–C) groups is 1. The molecule has 0 unspecified atom stereocenters. The highest BCUT2D eigenvalue weighted by molar-refractivity contribution is 6.31. The van der Waals surface area contributed by atoms with Crippen molar-refractivity contribution in [1.82, 2.24) is 0 Å². The van der Waals surface area contributed by atoms with Crippen LogP contribution < -0.4 is 5.32 Å². The van der Waals surface area contributed by atoms with Crippen LogP contribution in [0.4, 0.5) is 11.4 Å². The molecule has 0 amide bonds. The van der Waals surface area contributed by atoms with Crippen LogP contribution in [-0.2, 0) is 0 Å². The number of fused-ring (bicyclic) bond motifs is 1. The normalized spacial score (nSPS) is 17.8. The van der Waals surface area contributed by atoms with Gasteiger partial charge in [-0.05, 0) is 32.0 Å². The molecular weight excluding hydrogens is 184 g/mol. The molecule has 1 aromatic carbocycles. The third kappa shape index (κ3) is 1.68. The summed E-state index contributed by atoms with van der Waals surface area (Å²) >= 11 is 5.85. The Morgan fingerprint density at radius 2 is 2.15 bits per heavy atom. The van der Waals surface area contributed by atoms with Crippen LogP contribution in [0.3, 0.4) is 0 Å². The zero-order chi connectivity index (χ0) is 9.47. The van der Waals surface area contributed by atoms with Gasteiger partial charge in [-0.15, -0.1) is 0 Å². The quantitative estimate of drug-likeness (QED) is 0.674. The lowest BCUT2D eigenvalue weighted by Gasteiger charge is -2.27. The molecule has 0 spiro atoms. The Hall–Kier alpha value is -1.02. The van der Waals surface area contributed by atoms with Gasteiger partial charge in [-0.25, -0.2) is 0 Å². The number of benzene rings is 1. The van der Waals surface area contributed by atoms with E-state index in [1.165, 1.54) is 0 Å². The molecule has 1 aliphatic rings. The summed E-state index contributed by atoms with van der Waals surface area (Å²) in [6, 6.07) is 5.68. The van der Waals surface area contributed by atoms with Gasteiger partial charge in [0.15, 0.2) is 0 Å². The fourth-order valence-corrected chi connectivity index (χ4v) is 1.49. The SMILES string of the molecule is CC1(C)C=Nc2cc(Cl)ccc2N1. The van der Waals surface area contributed by atoms with E-state index in [-0.39, 0.29) is 5.54 Å². The fraction of sp³-hybridized carbons (Fsp3) is 0.300. The highest BCUT2D eigenvalue weighted by atomic mass is 35.5. The van der Waals surface area contributed by atoms with Gasteiger partial charge in [0, 0.05) is 11.2 Å². The van der Waals surface area contributed by atoms with E-state index in [2.05, 4.69) is 24.2 Å². The number of halogens is 1. The zero-order valence-electron chi connectivity index (χ0n) is 7.63. The van der Waals surface area contributed by atoms with Crippen molar-refractivity contribution < 1.29 is 0 Å². The van der Waals surface area contributed by atoms with Crippen molar-refractivity contribution in [1.29, 1.82) is 0 Å². The van der Waals surface area contributed by atoms with Crippen molar-refractivity contribution in [3.63, 3.8) is 0 Å². The van der Waals surface area contributed by atoms with Crippen molar-refractivity contribution in [3.05, 3.63) is 23.2 Å². The maximum absolute atomic E-state index is 5.85. The van der Waals surface area contributed by atoms with Gasteiger partial charge in [0.25, 0.3) is 0 Å². The highest BCUT2D eigenvalue weighted by Gasteiger charge is 2.19. The fourth-order valence-electron chi connectivity index (χ4n) is 1.33. The van der Waals surface area contributed by atoms with Crippen LogP contribution >= 0.6 is 11.6 Å². The Morgan fingerprint density at radius 3 is 2.92 bits per heavy atom. The first-order valence-corrected chi connectivity index (χ1v) is 4.58. The van der Waals surface area contributed by atoms with E-state index in [9.17, 15) is 0 Å².